The van der Waals surface area contributed by atoms with Gasteiger partial charge in [0.2, 0.25) is 5.78 Å². The number of ether oxygens (including phenoxy) is 2. The molecule has 2 aliphatic rings. The van der Waals surface area contributed by atoms with E-state index in [4.69, 9.17) is 9.47 Å². The molecule has 32 heavy (non-hydrogen) atoms. The van der Waals surface area contributed by atoms with Crippen LogP contribution in [0.15, 0.2) is 30.3 Å². The van der Waals surface area contributed by atoms with Crippen LogP contribution in [0.1, 0.15) is 33.7 Å². The monoisotopic (exact) mass is 450 g/mol. The maximum absolute atomic E-state index is 12.9. The number of fused-ring (bicyclic) bond motifs is 1. The molecule has 0 aromatic heterocycles. The lowest BCUT2D eigenvalue weighted by Gasteiger charge is -2.41. The van der Waals surface area contributed by atoms with Gasteiger partial charge < -0.3 is 50.3 Å². The van der Waals surface area contributed by atoms with Gasteiger partial charge in [0.15, 0.2) is 12.2 Å². The number of aliphatic hydroxyl groups is 5. The summed E-state index contributed by atoms with van der Waals surface area (Å²) in [6.45, 7) is -0.733. The molecule has 7 atom stereocenters. The first-order valence-corrected chi connectivity index (χ1v) is 9.72. The van der Waals surface area contributed by atoms with E-state index in [1.165, 1.54) is 24.3 Å². The Labute approximate surface area is 181 Å². The second-order valence-electron chi connectivity index (χ2n) is 7.72. The maximum Gasteiger partial charge on any atom is 0.202 e. The summed E-state index contributed by atoms with van der Waals surface area (Å²) in [7, 11) is 0. The fourth-order valence-electron chi connectivity index (χ4n) is 4.00. The van der Waals surface area contributed by atoms with Gasteiger partial charge in [-0.05, 0) is 17.7 Å². The highest BCUT2D eigenvalue weighted by Crippen LogP contribution is 2.49. The smallest absolute Gasteiger partial charge is 0.202 e. The van der Waals surface area contributed by atoms with Crippen LogP contribution in [0.4, 0.5) is 0 Å². The summed E-state index contributed by atoms with van der Waals surface area (Å²) in [5.41, 5.74) is -0.600. The van der Waals surface area contributed by atoms with Crippen LogP contribution >= 0.6 is 0 Å². The van der Waals surface area contributed by atoms with Crippen LogP contribution in [0.3, 0.4) is 0 Å². The molecule has 1 unspecified atom stereocenters. The lowest BCUT2D eigenvalue weighted by Crippen LogP contribution is -2.55. The highest BCUT2D eigenvalue weighted by Gasteiger charge is 2.48. The van der Waals surface area contributed by atoms with E-state index in [1.807, 2.05) is 0 Å². The summed E-state index contributed by atoms with van der Waals surface area (Å²) in [4.78, 5) is 12.9. The Kier molecular flexibility index (Phi) is 5.71. The van der Waals surface area contributed by atoms with E-state index in [1.54, 1.807) is 0 Å². The number of rotatable bonds is 3. The Morgan fingerprint density at radius 1 is 0.875 bits per heavy atom. The molecule has 0 bridgehead atoms. The molecule has 172 valence electrons. The number of ketones is 1. The van der Waals surface area contributed by atoms with Crippen LogP contribution in [-0.2, 0) is 4.74 Å². The van der Waals surface area contributed by atoms with Gasteiger partial charge in [-0.3, -0.25) is 4.79 Å². The van der Waals surface area contributed by atoms with Gasteiger partial charge in [-0.15, -0.1) is 0 Å². The zero-order valence-corrected chi connectivity index (χ0v) is 16.4. The number of phenolic OH excluding ortho intramolecular Hbond substituents is 3. The van der Waals surface area contributed by atoms with Crippen molar-refractivity contribution < 1.29 is 55.1 Å². The van der Waals surface area contributed by atoms with Gasteiger partial charge in [0.1, 0.15) is 59.1 Å². The SMILES string of the molecule is O=C1c2c(cc(O)c(C3O[C@@H](CO)[C@H](O)[C@@H](O)[C@@H]3O)c2O)O[C@@H](c2ccc(O)cc2)[C@@H]1O. The van der Waals surface area contributed by atoms with Gasteiger partial charge in [-0.1, -0.05) is 12.1 Å². The number of benzene rings is 2. The van der Waals surface area contributed by atoms with Gasteiger partial charge in [-0.2, -0.15) is 0 Å². The van der Waals surface area contributed by atoms with E-state index >= 15 is 0 Å². The van der Waals surface area contributed by atoms with Crippen LogP contribution in [0, 0.1) is 0 Å². The van der Waals surface area contributed by atoms with E-state index in [0.717, 1.165) is 6.07 Å². The van der Waals surface area contributed by atoms with Crippen molar-refractivity contribution in [2.45, 2.75) is 42.7 Å². The minimum atomic E-state index is -1.82. The van der Waals surface area contributed by atoms with Crippen molar-refractivity contribution in [1.82, 2.24) is 0 Å². The Morgan fingerprint density at radius 3 is 2.16 bits per heavy atom. The third-order valence-electron chi connectivity index (χ3n) is 5.74. The van der Waals surface area contributed by atoms with Crippen molar-refractivity contribution in [3.8, 4) is 23.0 Å². The molecule has 11 nitrogen and oxygen atoms in total. The quantitative estimate of drug-likeness (QED) is 0.285. The molecule has 4 rings (SSSR count). The Hall–Kier alpha value is -2.93. The van der Waals surface area contributed by atoms with E-state index in [2.05, 4.69) is 0 Å². The number of aromatic hydroxyl groups is 3. The normalized spacial score (nSPS) is 32.3. The predicted octanol–water partition coefficient (Wildman–Crippen LogP) is -1.00. The second kappa shape index (κ2) is 8.20. The summed E-state index contributed by atoms with van der Waals surface area (Å²) < 4.78 is 11.0. The second-order valence-corrected chi connectivity index (χ2v) is 7.72. The molecule has 0 aliphatic carbocycles. The summed E-state index contributed by atoms with van der Waals surface area (Å²) in [5.74, 6) is -2.73. The van der Waals surface area contributed by atoms with E-state index < -0.39 is 77.7 Å². The van der Waals surface area contributed by atoms with Crippen molar-refractivity contribution in [3.05, 3.63) is 47.0 Å². The number of carbonyl (C=O) groups excluding carboxylic acids is 1. The van der Waals surface area contributed by atoms with Crippen molar-refractivity contribution >= 4 is 5.78 Å². The molecule has 1 saturated heterocycles. The highest BCUT2D eigenvalue weighted by atomic mass is 16.5. The number of aliphatic hydroxyl groups excluding tert-OH is 5. The number of hydrogen-bond donors (Lipinski definition) is 8. The third-order valence-corrected chi connectivity index (χ3v) is 5.74. The van der Waals surface area contributed by atoms with Gasteiger partial charge in [0.05, 0.1) is 12.2 Å². The zero-order valence-electron chi connectivity index (χ0n) is 16.4. The Bertz CT molecular complexity index is 1020. The zero-order chi connectivity index (χ0) is 23.3. The molecule has 2 heterocycles. The van der Waals surface area contributed by atoms with Crippen molar-refractivity contribution in [2.24, 2.45) is 0 Å². The molecule has 1 fully saturated rings. The maximum atomic E-state index is 12.9. The van der Waals surface area contributed by atoms with Crippen molar-refractivity contribution in [2.75, 3.05) is 6.61 Å². The van der Waals surface area contributed by atoms with Crippen LogP contribution in [0.2, 0.25) is 0 Å². The molecular weight excluding hydrogens is 428 g/mol. The fraction of sp³-hybridized carbons (Fsp3) is 0.381. The van der Waals surface area contributed by atoms with E-state index in [-0.39, 0.29) is 11.5 Å². The molecular formula is C21H22O11. The van der Waals surface area contributed by atoms with Crippen LogP contribution in [0.5, 0.6) is 23.0 Å². The number of hydrogen-bond acceptors (Lipinski definition) is 11. The molecule has 2 aliphatic heterocycles. The van der Waals surface area contributed by atoms with Gasteiger partial charge >= 0.3 is 0 Å². The average molecular weight is 450 g/mol. The topological polar surface area (TPSA) is 197 Å². The first-order chi connectivity index (χ1) is 15.1. The molecule has 0 saturated carbocycles. The Balaban J connectivity index is 1.76. The van der Waals surface area contributed by atoms with E-state index in [9.17, 15) is 45.6 Å². The largest absolute Gasteiger partial charge is 0.508 e. The first kappa shape index (κ1) is 22.3. The number of carbonyl (C=O) groups is 1. The highest BCUT2D eigenvalue weighted by molar-refractivity contribution is 6.06. The first-order valence-electron chi connectivity index (χ1n) is 9.72. The molecule has 0 radical (unpaired) electrons. The third kappa shape index (κ3) is 3.45. The molecule has 2 aromatic rings. The van der Waals surface area contributed by atoms with Gasteiger partial charge in [0.25, 0.3) is 0 Å². The minimum absolute atomic E-state index is 0.0368. The standard InChI is InChI=1S/C21H22O11/c22-6-11-14(25)17(28)19(30)21(32-11)12-9(24)5-10-13(15(12)26)16(27)18(29)20(31-10)7-1-3-8(23)4-2-7/h1-5,11,14,17-26,28-30H,6H2/t11-,14-,17+,18+,19-,20-,21?/m0/s1. The molecule has 11 heteroatoms. The summed E-state index contributed by atoms with van der Waals surface area (Å²) in [6, 6.07) is 6.53. The van der Waals surface area contributed by atoms with Gasteiger partial charge in [0, 0.05) is 6.07 Å². The lowest BCUT2D eigenvalue weighted by atomic mass is 9.86. The van der Waals surface area contributed by atoms with Crippen LogP contribution in [0.25, 0.3) is 0 Å². The molecule has 2 aromatic carbocycles. The summed E-state index contributed by atoms with van der Waals surface area (Å²) in [6.07, 6.45) is -11.1. The van der Waals surface area contributed by atoms with Crippen molar-refractivity contribution in [1.29, 1.82) is 0 Å². The van der Waals surface area contributed by atoms with Crippen LogP contribution < -0.4 is 4.74 Å². The number of Topliss-reactive ketones (excluding diaryl/α,β-unsaturated/α-hetero) is 1. The van der Waals surface area contributed by atoms with Crippen molar-refractivity contribution in [3.63, 3.8) is 0 Å². The molecule has 0 spiro atoms. The fourth-order valence-corrected chi connectivity index (χ4v) is 4.00. The summed E-state index contributed by atoms with van der Waals surface area (Å²) in [5, 5.41) is 80.9. The van der Waals surface area contributed by atoms with Crippen LogP contribution in [-0.4, -0.2) is 83.8 Å². The van der Waals surface area contributed by atoms with E-state index in [0.29, 0.717) is 5.56 Å². The minimum Gasteiger partial charge on any atom is -0.508 e. The molecule has 8 N–H and O–H groups in total. The van der Waals surface area contributed by atoms with Gasteiger partial charge in [-0.25, -0.2) is 0 Å². The average Bonchev–Trinajstić information content (AvgIpc) is 2.76. The predicted molar refractivity (Wildman–Crippen MR) is 104 cm³/mol. The summed E-state index contributed by atoms with van der Waals surface area (Å²) >= 11 is 0. The Morgan fingerprint density at radius 2 is 1.53 bits per heavy atom. The number of phenols is 3. The molecule has 0 amide bonds. The lowest BCUT2D eigenvalue weighted by molar-refractivity contribution is -0.232.